The number of unbranched alkanes of at least 4 members (excludes halogenated alkanes) is 1. The van der Waals surface area contributed by atoms with Crippen LogP contribution in [0.2, 0.25) is 0 Å². The molecule has 0 aromatic heterocycles. The summed E-state index contributed by atoms with van der Waals surface area (Å²) in [4.78, 5) is 2.57. The number of anilines is 1. The molecule has 1 heterocycles. The number of aliphatic hydroxyl groups is 1. The van der Waals surface area contributed by atoms with Crippen LogP contribution >= 0.6 is 0 Å². The van der Waals surface area contributed by atoms with E-state index in [1.54, 1.807) is 0 Å². The number of hydrogen-bond donors (Lipinski definition) is 2. The van der Waals surface area contributed by atoms with Crippen LogP contribution in [0.4, 0.5) is 5.69 Å². The summed E-state index contributed by atoms with van der Waals surface area (Å²) >= 11 is 0. The lowest BCUT2D eigenvalue weighted by molar-refractivity contribution is 0.176. The molecule has 0 bridgehead atoms. The lowest BCUT2D eigenvalue weighted by atomic mass is 10.00. The Kier molecular flexibility index (Phi) is 6.34. The molecule has 1 unspecified atom stereocenters. The molecule has 0 radical (unpaired) electrons. The van der Waals surface area contributed by atoms with E-state index >= 15 is 0 Å². The Hall–Kier alpha value is -1.06. The number of likely N-dealkylation sites (tertiary alicyclic amines) is 1. The lowest BCUT2D eigenvalue weighted by Gasteiger charge is -2.30. The van der Waals surface area contributed by atoms with Crippen LogP contribution in [0.5, 0.6) is 0 Å². The third-order valence-corrected chi connectivity index (χ3v) is 4.02. The molecule has 1 atom stereocenters. The summed E-state index contributed by atoms with van der Waals surface area (Å²) in [6.07, 6.45) is 4.61. The van der Waals surface area contributed by atoms with E-state index in [1.807, 2.05) is 0 Å². The standard InChI is InChI=1S/C17H28N2O/c1-15-5-4-11-19(13-15)14-16-6-8-17(9-7-16)18-10-2-3-12-20/h6-9,15,18,20H,2-5,10-14H2,1H3. The van der Waals surface area contributed by atoms with Crippen molar-refractivity contribution >= 4 is 5.69 Å². The molecule has 1 saturated heterocycles. The van der Waals surface area contributed by atoms with Crippen LogP contribution in [0.3, 0.4) is 0 Å². The Morgan fingerprint density at radius 1 is 1.25 bits per heavy atom. The lowest BCUT2D eigenvalue weighted by Crippen LogP contribution is -2.33. The van der Waals surface area contributed by atoms with Gasteiger partial charge in [-0.05, 0) is 55.8 Å². The summed E-state index contributed by atoms with van der Waals surface area (Å²) in [6.45, 7) is 7.13. The molecule has 1 aromatic carbocycles. The van der Waals surface area contributed by atoms with Crippen LogP contribution in [0.1, 0.15) is 38.2 Å². The van der Waals surface area contributed by atoms with Crippen molar-refractivity contribution < 1.29 is 5.11 Å². The van der Waals surface area contributed by atoms with E-state index in [2.05, 4.69) is 41.4 Å². The Morgan fingerprint density at radius 3 is 2.75 bits per heavy atom. The van der Waals surface area contributed by atoms with E-state index in [0.29, 0.717) is 0 Å². The predicted octanol–water partition coefficient (Wildman–Crippen LogP) is 3.10. The number of aliphatic hydroxyl groups excluding tert-OH is 1. The first-order chi connectivity index (χ1) is 9.78. The summed E-state index contributed by atoms with van der Waals surface area (Å²) in [5.74, 6) is 0.844. The maximum atomic E-state index is 8.74. The third-order valence-electron chi connectivity index (χ3n) is 4.02. The molecule has 1 aliphatic rings. The number of nitrogens with one attached hydrogen (secondary N) is 1. The quantitative estimate of drug-likeness (QED) is 0.751. The highest BCUT2D eigenvalue weighted by Crippen LogP contribution is 2.18. The average molecular weight is 276 g/mol. The number of piperidine rings is 1. The second kappa shape index (κ2) is 8.28. The maximum absolute atomic E-state index is 8.74. The fourth-order valence-corrected chi connectivity index (χ4v) is 2.89. The van der Waals surface area contributed by atoms with Crippen molar-refractivity contribution in [2.45, 2.75) is 39.2 Å². The Labute approximate surface area is 123 Å². The molecule has 1 aliphatic heterocycles. The second-order valence-electron chi connectivity index (χ2n) is 6.04. The van der Waals surface area contributed by atoms with E-state index in [1.165, 1.54) is 37.2 Å². The number of hydrogen-bond acceptors (Lipinski definition) is 3. The van der Waals surface area contributed by atoms with Gasteiger partial charge in [-0.15, -0.1) is 0 Å². The Morgan fingerprint density at radius 2 is 2.05 bits per heavy atom. The van der Waals surface area contributed by atoms with Gasteiger partial charge in [-0.3, -0.25) is 4.90 Å². The first kappa shape index (κ1) is 15.3. The van der Waals surface area contributed by atoms with E-state index < -0.39 is 0 Å². The summed E-state index contributed by atoms with van der Waals surface area (Å²) in [5, 5.41) is 12.1. The van der Waals surface area contributed by atoms with Gasteiger partial charge >= 0.3 is 0 Å². The fourth-order valence-electron chi connectivity index (χ4n) is 2.89. The normalized spacial score (nSPS) is 20.0. The highest BCUT2D eigenvalue weighted by molar-refractivity contribution is 5.44. The third kappa shape index (κ3) is 5.14. The molecule has 0 spiro atoms. The molecule has 3 nitrogen and oxygen atoms in total. The molecule has 2 N–H and O–H groups in total. The SMILES string of the molecule is CC1CCCN(Cc2ccc(NCCCCO)cc2)C1. The molecule has 1 aromatic rings. The maximum Gasteiger partial charge on any atom is 0.0431 e. The molecule has 1 fully saturated rings. The zero-order valence-electron chi connectivity index (χ0n) is 12.6. The predicted molar refractivity (Wildman–Crippen MR) is 84.9 cm³/mol. The van der Waals surface area contributed by atoms with Gasteiger partial charge in [0.05, 0.1) is 0 Å². The minimum atomic E-state index is 0.287. The van der Waals surface area contributed by atoms with Gasteiger partial charge in [0.1, 0.15) is 0 Å². The number of rotatable bonds is 7. The van der Waals surface area contributed by atoms with Crippen LogP contribution < -0.4 is 5.32 Å². The van der Waals surface area contributed by atoms with Crippen LogP contribution in [0.15, 0.2) is 24.3 Å². The Balaban J connectivity index is 1.76. The molecular weight excluding hydrogens is 248 g/mol. The van der Waals surface area contributed by atoms with Gasteiger partial charge in [0, 0.05) is 31.9 Å². The van der Waals surface area contributed by atoms with Gasteiger partial charge in [0.2, 0.25) is 0 Å². The summed E-state index contributed by atoms with van der Waals surface area (Å²) in [5.41, 5.74) is 2.58. The minimum Gasteiger partial charge on any atom is -0.396 e. The summed E-state index contributed by atoms with van der Waals surface area (Å²) < 4.78 is 0. The summed E-state index contributed by atoms with van der Waals surface area (Å²) in [7, 11) is 0. The van der Waals surface area contributed by atoms with Gasteiger partial charge in [-0.2, -0.15) is 0 Å². The molecule has 112 valence electrons. The minimum absolute atomic E-state index is 0.287. The van der Waals surface area contributed by atoms with Gasteiger partial charge in [-0.1, -0.05) is 19.1 Å². The Bertz CT molecular complexity index is 377. The van der Waals surface area contributed by atoms with Crippen LogP contribution in [-0.4, -0.2) is 36.2 Å². The van der Waals surface area contributed by atoms with Crippen LogP contribution in [0, 0.1) is 5.92 Å². The van der Waals surface area contributed by atoms with Gasteiger partial charge < -0.3 is 10.4 Å². The number of benzene rings is 1. The van der Waals surface area contributed by atoms with Gasteiger partial charge in [0.25, 0.3) is 0 Å². The smallest absolute Gasteiger partial charge is 0.0431 e. The van der Waals surface area contributed by atoms with Gasteiger partial charge in [-0.25, -0.2) is 0 Å². The van der Waals surface area contributed by atoms with Crippen molar-refractivity contribution in [1.29, 1.82) is 0 Å². The molecule has 3 heteroatoms. The average Bonchev–Trinajstić information content (AvgIpc) is 2.45. The molecule has 0 aliphatic carbocycles. The van der Waals surface area contributed by atoms with E-state index in [9.17, 15) is 0 Å². The monoisotopic (exact) mass is 276 g/mol. The number of nitrogens with zero attached hydrogens (tertiary/aromatic N) is 1. The van der Waals surface area contributed by atoms with Crippen molar-refractivity contribution in [3.63, 3.8) is 0 Å². The van der Waals surface area contributed by atoms with E-state index in [-0.39, 0.29) is 6.61 Å². The molecule has 20 heavy (non-hydrogen) atoms. The molecular formula is C17H28N2O. The first-order valence-corrected chi connectivity index (χ1v) is 7.94. The van der Waals surface area contributed by atoms with Crippen molar-refractivity contribution in [3.05, 3.63) is 29.8 Å². The van der Waals surface area contributed by atoms with Crippen molar-refractivity contribution in [2.24, 2.45) is 5.92 Å². The van der Waals surface area contributed by atoms with Crippen LogP contribution in [0.25, 0.3) is 0 Å². The van der Waals surface area contributed by atoms with Crippen LogP contribution in [-0.2, 0) is 6.54 Å². The molecule has 0 amide bonds. The second-order valence-corrected chi connectivity index (χ2v) is 6.04. The van der Waals surface area contributed by atoms with Crippen molar-refractivity contribution in [1.82, 2.24) is 4.90 Å². The van der Waals surface area contributed by atoms with Crippen molar-refractivity contribution in [2.75, 3.05) is 31.6 Å². The molecule has 0 saturated carbocycles. The summed E-state index contributed by atoms with van der Waals surface area (Å²) in [6, 6.07) is 8.80. The van der Waals surface area contributed by atoms with Crippen molar-refractivity contribution in [3.8, 4) is 0 Å². The zero-order valence-corrected chi connectivity index (χ0v) is 12.6. The fraction of sp³-hybridized carbons (Fsp3) is 0.647. The zero-order chi connectivity index (χ0) is 14.2. The van der Waals surface area contributed by atoms with Gasteiger partial charge in [0.15, 0.2) is 0 Å². The molecule has 2 rings (SSSR count). The van der Waals surface area contributed by atoms with E-state index in [0.717, 1.165) is 31.8 Å². The first-order valence-electron chi connectivity index (χ1n) is 7.94. The highest BCUT2D eigenvalue weighted by Gasteiger charge is 2.15. The largest absolute Gasteiger partial charge is 0.396 e. The highest BCUT2D eigenvalue weighted by atomic mass is 16.2. The topological polar surface area (TPSA) is 35.5 Å². The van der Waals surface area contributed by atoms with E-state index in [4.69, 9.17) is 5.11 Å².